The van der Waals surface area contributed by atoms with Crippen LogP contribution in [0.1, 0.15) is 204 Å². The Morgan fingerprint density at radius 3 is 1.21 bits per heavy atom. The highest BCUT2D eigenvalue weighted by molar-refractivity contribution is 9.12. The lowest BCUT2D eigenvalue weighted by molar-refractivity contribution is -0.387. The van der Waals surface area contributed by atoms with Crippen molar-refractivity contribution in [3.63, 3.8) is 0 Å². The zero-order valence-electron chi connectivity index (χ0n) is 68.7. The molecule has 0 saturated carbocycles. The number of nitrogens with zero attached hydrogens (tertiary/aromatic N) is 10. The van der Waals surface area contributed by atoms with E-state index in [1.165, 1.54) is 39.5 Å². The number of rotatable bonds is 11. The molecule has 8 N–H and O–H groups in total. The molecule has 4 saturated heterocycles. The average molecular weight is 1730 g/mol. The largest absolute Gasteiger partial charge is 0.465 e. The van der Waals surface area contributed by atoms with E-state index in [1.807, 2.05) is 72.9 Å². The number of aromatic nitrogens is 2. The summed E-state index contributed by atoms with van der Waals surface area (Å²) in [5.74, 6) is -2.84. The summed E-state index contributed by atoms with van der Waals surface area (Å²) in [6.45, 7) is 30.4. The summed E-state index contributed by atoms with van der Waals surface area (Å²) in [7, 11) is 8.27. The fourth-order valence-electron chi connectivity index (χ4n) is 11.4. The lowest BCUT2D eigenvalue weighted by atomic mass is 10.0. The van der Waals surface area contributed by atoms with Crippen LogP contribution in [0, 0.1) is 48.1 Å². The van der Waals surface area contributed by atoms with Crippen molar-refractivity contribution in [2.45, 2.75) is 203 Å². The molecule has 658 valence electrons. The molecular weight excluding hydrogens is 1610 g/mol. The van der Waals surface area contributed by atoms with Crippen LogP contribution in [0.2, 0.25) is 0 Å². The van der Waals surface area contributed by atoms with Crippen LogP contribution in [0.15, 0.2) is 72.8 Å². The number of likely N-dealkylation sites (tertiary alicyclic amines) is 4. The van der Waals surface area contributed by atoms with Crippen molar-refractivity contribution in [1.29, 1.82) is 10.5 Å². The Hall–Kier alpha value is -11.4. The number of hydrogen-bond acceptors (Lipinski definition) is 29. The first-order valence-corrected chi connectivity index (χ1v) is 37.1. The molecule has 4 aliphatic heterocycles. The summed E-state index contributed by atoms with van der Waals surface area (Å²) >= 11 is 2.45. The number of ether oxygens (including phenoxy) is 9. The highest BCUT2D eigenvalue weighted by Crippen LogP contribution is 2.33. The minimum Gasteiger partial charge on any atom is -0.465 e. The number of piperidine rings is 4. The zero-order valence-corrected chi connectivity index (χ0v) is 70.2. The minimum atomic E-state index is -0.984. The van der Waals surface area contributed by atoms with Crippen LogP contribution < -0.4 is 27.8 Å². The summed E-state index contributed by atoms with van der Waals surface area (Å²) in [5.41, 5.74) is 18.8. The third-order valence-corrected chi connectivity index (χ3v) is 16.2. The quantitative estimate of drug-likeness (QED) is 0.0269. The third kappa shape index (κ3) is 37.7. The maximum atomic E-state index is 12.8. The van der Waals surface area contributed by atoms with Crippen LogP contribution in [0.5, 0.6) is 0 Å². The lowest BCUT2D eigenvalue weighted by Gasteiger charge is -2.35. The van der Waals surface area contributed by atoms with E-state index in [0.717, 1.165) is 94.4 Å². The maximum Gasteiger partial charge on any atom is 0.410 e. The average Bonchev–Trinajstić information content (AvgIpc) is 1.60. The van der Waals surface area contributed by atoms with E-state index in [2.05, 4.69) is 57.1 Å². The van der Waals surface area contributed by atoms with Gasteiger partial charge in [-0.25, -0.2) is 48.6 Å². The van der Waals surface area contributed by atoms with E-state index in [1.54, 1.807) is 89.9 Å². The van der Waals surface area contributed by atoms with Crippen molar-refractivity contribution in [2.75, 3.05) is 117 Å². The molecule has 0 bridgehead atoms. The molecule has 5 heterocycles. The van der Waals surface area contributed by atoms with E-state index in [0.29, 0.717) is 79.8 Å². The Morgan fingerprint density at radius 1 is 0.517 bits per heavy atom. The van der Waals surface area contributed by atoms with Gasteiger partial charge in [0.1, 0.15) is 33.1 Å². The van der Waals surface area contributed by atoms with E-state index in [-0.39, 0.29) is 81.5 Å². The Labute approximate surface area is 700 Å². The summed E-state index contributed by atoms with van der Waals surface area (Å²) in [4.78, 5) is 127. The highest BCUT2D eigenvalue weighted by atomic mass is 79.9. The predicted molar refractivity (Wildman–Crippen MR) is 451 cm³/mol. The number of amides is 4. The number of carbonyl (C=O) groups is 8. The molecule has 0 radical (unpaired) electrons. The molecule has 4 amide bonds. The van der Waals surface area contributed by atoms with Crippen LogP contribution >= 0.6 is 15.9 Å². The van der Waals surface area contributed by atoms with Gasteiger partial charge in [0, 0.05) is 119 Å². The molecule has 36 nitrogen and oxygen atoms in total. The molecule has 1 aromatic heterocycles. The molecule has 1 unspecified atom stereocenters. The fourth-order valence-corrected chi connectivity index (χ4v) is 11.4. The number of nitriles is 2. The number of methoxy groups -OCH3 is 5. The Balaban J connectivity index is 0. The summed E-state index contributed by atoms with van der Waals surface area (Å²) in [6.07, 6.45) is 5.78. The second kappa shape index (κ2) is 51.6. The molecule has 5 aromatic rings. The Bertz CT molecular complexity index is 4150. The van der Waals surface area contributed by atoms with Gasteiger partial charge in [-0.2, -0.15) is 9.65 Å². The molecular formula is C80H123BrFN15O21. The van der Waals surface area contributed by atoms with Crippen molar-refractivity contribution < 1.29 is 95.2 Å². The van der Waals surface area contributed by atoms with E-state index >= 15 is 0 Å². The smallest absolute Gasteiger partial charge is 0.410 e. The molecule has 4 aliphatic rings. The monoisotopic (exact) mass is 1730 g/mol. The van der Waals surface area contributed by atoms with Gasteiger partial charge in [0.25, 0.3) is 5.69 Å². The number of fused-ring (bicyclic) bond motifs is 1. The molecule has 118 heavy (non-hydrogen) atoms. The van der Waals surface area contributed by atoms with Crippen molar-refractivity contribution in [3.05, 3.63) is 121 Å². The number of nitrogen functional groups attached to an aromatic ring is 2. The SMILES string of the molecule is C.C.C.C#N.CC(C)(C)OC(=O)N1CCC[C@@H](N)C1.COC.COC(=O)c1ccc(F)c([N+](=O)[O-])c1.COC(=O)c1ccc(N[C@@H]2CCCN(C(=O)OC(C)(C)C)C2)c(N)c1.COC(=O)c1ccc(N[C@@H]2CCCN(C(=O)OC(C)(C)C)C2)c([N+](=O)[O-])c1.COC(=O)c1ccc2c(c1)nc(N)n2C1CCCN(C(=O)OC(C)(C)C)C1.N#CBr. The summed E-state index contributed by atoms with van der Waals surface area (Å²) < 4.78 is 58.9. The van der Waals surface area contributed by atoms with Gasteiger partial charge in [0.15, 0.2) is 0 Å². The Morgan fingerprint density at radius 2 is 0.839 bits per heavy atom. The van der Waals surface area contributed by atoms with Gasteiger partial charge < -0.3 is 94.6 Å². The summed E-state index contributed by atoms with van der Waals surface area (Å²) in [6, 6.07) is 17.2. The topological polar surface area (TPSA) is 486 Å². The maximum absolute atomic E-state index is 12.8. The third-order valence-electron chi connectivity index (χ3n) is 16.2. The van der Waals surface area contributed by atoms with Gasteiger partial charge in [-0.1, -0.05) is 22.3 Å². The van der Waals surface area contributed by atoms with Gasteiger partial charge in [0.2, 0.25) is 11.8 Å². The number of imidazole rings is 1. The first-order chi connectivity index (χ1) is 53.8. The van der Waals surface area contributed by atoms with Crippen LogP contribution in [0.4, 0.5) is 58.0 Å². The Kier molecular flexibility index (Phi) is 47.6. The van der Waals surface area contributed by atoms with Crippen molar-refractivity contribution in [3.8, 4) is 11.6 Å². The second-order valence-corrected chi connectivity index (χ2v) is 30.4. The fraction of sp³-hybridized carbons (Fsp3) is 0.562. The molecule has 9 rings (SSSR count). The number of anilines is 4. The van der Waals surface area contributed by atoms with Gasteiger partial charge in [-0.3, -0.25) is 20.2 Å². The second-order valence-electron chi connectivity index (χ2n) is 30.1. The number of nitrogens with one attached hydrogen (secondary N) is 2. The minimum absolute atomic E-state index is 0. The molecule has 4 aromatic carbocycles. The first kappa shape index (κ1) is 109. The van der Waals surface area contributed by atoms with Gasteiger partial charge in [-0.15, -0.1) is 0 Å². The number of nitro groups is 2. The lowest BCUT2D eigenvalue weighted by Crippen LogP contribution is -2.47. The molecule has 0 aliphatic carbocycles. The van der Waals surface area contributed by atoms with E-state index < -0.39 is 73.7 Å². The van der Waals surface area contributed by atoms with E-state index in [4.69, 9.17) is 51.4 Å². The van der Waals surface area contributed by atoms with Gasteiger partial charge >= 0.3 is 53.9 Å². The van der Waals surface area contributed by atoms with Gasteiger partial charge in [0.05, 0.1) is 89.0 Å². The number of benzene rings is 4. The first-order valence-electron chi connectivity index (χ1n) is 36.4. The molecule has 38 heteroatoms. The predicted octanol–water partition coefficient (Wildman–Crippen LogP) is 15.1. The van der Waals surface area contributed by atoms with E-state index in [9.17, 15) is 63.0 Å². The highest BCUT2D eigenvalue weighted by Gasteiger charge is 2.34. The van der Waals surface area contributed by atoms with Crippen LogP contribution in [0.25, 0.3) is 11.0 Å². The number of nitrogens with two attached hydrogens (primary N) is 3. The van der Waals surface area contributed by atoms with Crippen LogP contribution in [-0.2, 0) is 42.6 Å². The molecule has 4 atom stereocenters. The number of hydrogen-bond donors (Lipinski definition) is 5. The number of halogens is 2. The molecule has 4 fully saturated rings. The normalized spacial score (nSPS) is 15.9. The zero-order chi connectivity index (χ0) is 87.5. The van der Waals surface area contributed by atoms with Crippen LogP contribution in [-0.4, -0.2) is 223 Å². The number of esters is 4. The van der Waals surface area contributed by atoms with Crippen molar-refractivity contribution >= 4 is 110 Å². The van der Waals surface area contributed by atoms with Gasteiger partial charge in [-0.05, 0) is 195 Å². The number of carbonyl (C=O) groups excluding carboxylic acids is 8. The standard InChI is InChI=1S/C19H26N4O4.C18H25N3O6.C18H27N3O4.C10H20N2O2.C8H6FNO4.C2H6O.CBrN.CHN.3CH4/c1-19(2,3)27-18(25)22-9-5-6-13(11-22)23-15-8-7-12(16(24)26-4)10-14(15)21-17(23)20;1-18(2,3)27-17(23)20-9-5-6-13(11-20)19-14-8-7-12(16(22)26-4)10-15(14)21(24)25;1-18(2,3)25-17(23)21-9-5-6-13(11-21)20-15-8-7-12(10-14(15)19)16(22)24-4;1-10(2,3)14-9(13)12-6-4-5-8(11)7-12;1-14-8(11)5-2-3-6(9)7(4-5)10(12)13;1-3-2;2-1-3;1-2;;;/h7-8,10,13H,5-6,9,11H2,1-4H3,(H2,20,21);7-8,10,13,19H,5-6,9,11H2,1-4H3;7-8,10,13,20H,5-6,9,11,19H2,1-4H3;8H,4-7,11H2,1-3H3;2-4H,1H3;1-2H3;;1H;3*1H4/t;2*13-;8-;;;;;;;/m.111......./s1. The molecule has 0 spiro atoms. The summed E-state index contributed by atoms with van der Waals surface area (Å²) in [5, 5.41) is 41.9. The van der Waals surface area contributed by atoms with Crippen molar-refractivity contribution in [1.82, 2.24) is 29.2 Å². The van der Waals surface area contributed by atoms with Crippen LogP contribution in [0.3, 0.4) is 0 Å². The van der Waals surface area contributed by atoms with Crippen molar-refractivity contribution in [2.24, 2.45) is 5.73 Å². The number of nitro benzene ring substituents is 2.